The highest BCUT2D eigenvalue weighted by Crippen LogP contribution is 2.14. The SMILES string of the molecule is CCN(CC)C(=O)c1ccc(N=[N+]=[N-])cc1. The van der Waals surface area contributed by atoms with Gasteiger partial charge in [-0.25, -0.2) is 0 Å². The van der Waals surface area contributed by atoms with Gasteiger partial charge in [0.05, 0.1) is 0 Å². The van der Waals surface area contributed by atoms with Gasteiger partial charge in [-0.05, 0) is 31.5 Å². The van der Waals surface area contributed by atoms with Gasteiger partial charge in [0.2, 0.25) is 0 Å². The summed E-state index contributed by atoms with van der Waals surface area (Å²) >= 11 is 0. The van der Waals surface area contributed by atoms with Gasteiger partial charge in [0.1, 0.15) is 0 Å². The molecule has 0 saturated heterocycles. The van der Waals surface area contributed by atoms with Crippen molar-refractivity contribution in [2.24, 2.45) is 5.11 Å². The molecule has 0 bridgehead atoms. The number of hydrogen-bond acceptors (Lipinski definition) is 2. The molecule has 0 N–H and O–H groups in total. The molecule has 0 fully saturated rings. The molecule has 16 heavy (non-hydrogen) atoms. The normalized spacial score (nSPS) is 9.38. The van der Waals surface area contributed by atoms with Crippen LogP contribution >= 0.6 is 0 Å². The van der Waals surface area contributed by atoms with E-state index < -0.39 is 0 Å². The van der Waals surface area contributed by atoms with Crippen molar-refractivity contribution in [3.8, 4) is 0 Å². The second kappa shape index (κ2) is 5.78. The van der Waals surface area contributed by atoms with Crippen LogP contribution in [0.3, 0.4) is 0 Å². The van der Waals surface area contributed by atoms with E-state index in [0.29, 0.717) is 24.3 Å². The van der Waals surface area contributed by atoms with Gasteiger partial charge in [-0.2, -0.15) is 0 Å². The number of carbonyl (C=O) groups is 1. The summed E-state index contributed by atoms with van der Waals surface area (Å²) in [6, 6.07) is 6.61. The molecule has 0 radical (unpaired) electrons. The fourth-order valence-electron chi connectivity index (χ4n) is 1.42. The van der Waals surface area contributed by atoms with Crippen LogP contribution in [0.5, 0.6) is 0 Å². The number of hydrogen-bond donors (Lipinski definition) is 0. The predicted octanol–water partition coefficient (Wildman–Crippen LogP) is 3.11. The molecule has 1 amide bonds. The van der Waals surface area contributed by atoms with Crippen LogP contribution in [0.2, 0.25) is 0 Å². The molecule has 0 aliphatic rings. The highest BCUT2D eigenvalue weighted by Gasteiger charge is 2.11. The van der Waals surface area contributed by atoms with E-state index >= 15 is 0 Å². The van der Waals surface area contributed by atoms with Gasteiger partial charge in [0, 0.05) is 29.3 Å². The first-order valence-electron chi connectivity index (χ1n) is 5.17. The Balaban J connectivity index is 2.88. The largest absolute Gasteiger partial charge is 0.339 e. The third-order valence-corrected chi connectivity index (χ3v) is 2.33. The molecule has 0 aliphatic heterocycles. The van der Waals surface area contributed by atoms with E-state index in [2.05, 4.69) is 10.0 Å². The van der Waals surface area contributed by atoms with Gasteiger partial charge in [0.25, 0.3) is 5.91 Å². The van der Waals surface area contributed by atoms with Crippen molar-refractivity contribution in [3.05, 3.63) is 40.3 Å². The molecule has 0 aromatic heterocycles. The Kier molecular flexibility index (Phi) is 4.36. The van der Waals surface area contributed by atoms with E-state index in [9.17, 15) is 4.79 Å². The summed E-state index contributed by atoms with van der Waals surface area (Å²) in [6.07, 6.45) is 0. The number of nitrogens with zero attached hydrogens (tertiary/aromatic N) is 4. The molecular weight excluding hydrogens is 204 g/mol. The average Bonchev–Trinajstić information content (AvgIpc) is 2.32. The lowest BCUT2D eigenvalue weighted by atomic mass is 10.2. The molecular formula is C11H14N4O. The van der Waals surface area contributed by atoms with E-state index in [1.807, 2.05) is 13.8 Å². The first-order valence-corrected chi connectivity index (χ1v) is 5.17. The lowest BCUT2D eigenvalue weighted by molar-refractivity contribution is 0.0773. The van der Waals surface area contributed by atoms with Crippen LogP contribution in [0.25, 0.3) is 10.4 Å². The van der Waals surface area contributed by atoms with Gasteiger partial charge in [-0.15, -0.1) is 0 Å². The maximum Gasteiger partial charge on any atom is 0.253 e. The molecule has 84 valence electrons. The van der Waals surface area contributed by atoms with E-state index in [1.54, 1.807) is 29.2 Å². The molecule has 0 atom stereocenters. The van der Waals surface area contributed by atoms with Crippen molar-refractivity contribution < 1.29 is 4.79 Å². The Morgan fingerprint density at radius 2 is 1.88 bits per heavy atom. The third kappa shape index (κ3) is 2.74. The van der Waals surface area contributed by atoms with Crippen molar-refractivity contribution in [3.63, 3.8) is 0 Å². The molecule has 0 heterocycles. The maximum absolute atomic E-state index is 11.9. The maximum atomic E-state index is 11.9. The Labute approximate surface area is 94.3 Å². The second-order valence-electron chi connectivity index (χ2n) is 3.21. The Morgan fingerprint density at radius 1 is 1.31 bits per heavy atom. The average molecular weight is 218 g/mol. The fourth-order valence-corrected chi connectivity index (χ4v) is 1.42. The molecule has 0 spiro atoms. The Hall–Kier alpha value is -2.00. The van der Waals surface area contributed by atoms with Crippen LogP contribution in [-0.4, -0.2) is 23.9 Å². The summed E-state index contributed by atoms with van der Waals surface area (Å²) in [5, 5.41) is 3.45. The highest BCUT2D eigenvalue weighted by atomic mass is 16.2. The van der Waals surface area contributed by atoms with Crippen molar-refractivity contribution >= 4 is 11.6 Å². The van der Waals surface area contributed by atoms with Gasteiger partial charge in [-0.1, -0.05) is 17.2 Å². The van der Waals surface area contributed by atoms with E-state index in [0.717, 1.165) is 0 Å². The van der Waals surface area contributed by atoms with E-state index in [4.69, 9.17) is 5.53 Å². The Morgan fingerprint density at radius 3 is 2.31 bits per heavy atom. The summed E-state index contributed by atoms with van der Waals surface area (Å²) in [5.41, 5.74) is 9.37. The summed E-state index contributed by atoms with van der Waals surface area (Å²) in [5.74, 6) is -0.00233. The summed E-state index contributed by atoms with van der Waals surface area (Å²) < 4.78 is 0. The van der Waals surface area contributed by atoms with E-state index in [1.165, 1.54) is 0 Å². The first-order chi connectivity index (χ1) is 7.72. The van der Waals surface area contributed by atoms with Crippen LogP contribution in [0, 0.1) is 0 Å². The first kappa shape index (κ1) is 12.1. The van der Waals surface area contributed by atoms with Crippen molar-refractivity contribution in [1.82, 2.24) is 4.90 Å². The minimum absolute atomic E-state index is 0.00233. The fraction of sp³-hybridized carbons (Fsp3) is 0.364. The number of benzene rings is 1. The van der Waals surface area contributed by atoms with Crippen LogP contribution in [0.15, 0.2) is 29.4 Å². The second-order valence-corrected chi connectivity index (χ2v) is 3.21. The van der Waals surface area contributed by atoms with Gasteiger partial charge >= 0.3 is 0 Å². The number of azide groups is 1. The van der Waals surface area contributed by atoms with Gasteiger partial charge < -0.3 is 4.90 Å². The lowest BCUT2D eigenvalue weighted by Crippen LogP contribution is -2.30. The molecule has 5 nitrogen and oxygen atoms in total. The highest BCUT2D eigenvalue weighted by molar-refractivity contribution is 5.94. The van der Waals surface area contributed by atoms with Crippen LogP contribution in [0.1, 0.15) is 24.2 Å². The minimum atomic E-state index is -0.00233. The molecule has 1 rings (SSSR count). The van der Waals surface area contributed by atoms with Crippen molar-refractivity contribution in [2.45, 2.75) is 13.8 Å². The summed E-state index contributed by atoms with van der Waals surface area (Å²) in [4.78, 5) is 16.3. The number of amides is 1. The molecule has 0 unspecified atom stereocenters. The summed E-state index contributed by atoms with van der Waals surface area (Å²) in [7, 11) is 0. The van der Waals surface area contributed by atoms with E-state index in [-0.39, 0.29) is 5.91 Å². The van der Waals surface area contributed by atoms with Crippen molar-refractivity contribution in [2.75, 3.05) is 13.1 Å². The zero-order valence-corrected chi connectivity index (χ0v) is 9.42. The molecule has 5 heteroatoms. The number of carbonyl (C=O) groups excluding carboxylic acids is 1. The zero-order chi connectivity index (χ0) is 12.0. The van der Waals surface area contributed by atoms with Crippen LogP contribution < -0.4 is 0 Å². The predicted molar refractivity (Wildman–Crippen MR) is 62.5 cm³/mol. The van der Waals surface area contributed by atoms with Gasteiger partial charge in [0.15, 0.2) is 0 Å². The lowest BCUT2D eigenvalue weighted by Gasteiger charge is -2.18. The third-order valence-electron chi connectivity index (χ3n) is 2.33. The minimum Gasteiger partial charge on any atom is -0.339 e. The zero-order valence-electron chi connectivity index (χ0n) is 9.42. The summed E-state index contributed by atoms with van der Waals surface area (Å²) in [6.45, 7) is 5.26. The molecule has 1 aromatic rings. The quantitative estimate of drug-likeness (QED) is 0.435. The molecule has 0 saturated carbocycles. The standard InChI is InChI=1S/C11H14N4O/c1-3-15(4-2)11(16)9-5-7-10(8-6-9)13-14-12/h5-8H,3-4H2,1-2H3. The van der Waals surface area contributed by atoms with Gasteiger partial charge in [-0.3, -0.25) is 4.79 Å². The smallest absolute Gasteiger partial charge is 0.253 e. The Bertz CT molecular complexity index is 402. The molecule has 1 aromatic carbocycles. The van der Waals surface area contributed by atoms with Crippen LogP contribution in [-0.2, 0) is 0 Å². The van der Waals surface area contributed by atoms with Crippen molar-refractivity contribution in [1.29, 1.82) is 0 Å². The van der Waals surface area contributed by atoms with Crippen LogP contribution in [0.4, 0.5) is 5.69 Å². The molecule has 0 aliphatic carbocycles. The topological polar surface area (TPSA) is 69.1 Å². The number of rotatable bonds is 4. The monoisotopic (exact) mass is 218 g/mol.